The van der Waals surface area contributed by atoms with Crippen LogP contribution in [-0.2, 0) is 4.79 Å². The van der Waals surface area contributed by atoms with E-state index < -0.39 is 0 Å². The third-order valence-electron chi connectivity index (χ3n) is 5.30. The SMILES string of the molecule is CN1CCN(CC(NC(=O)CCCOc2cccc(Cl)c2Cl)c2ccccc2)CC1. The van der Waals surface area contributed by atoms with Gasteiger partial charge in [-0.05, 0) is 31.2 Å². The molecule has 0 spiro atoms. The second-order valence-corrected chi connectivity index (χ2v) is 8.42. The van der Waals surface area contributed by atoms with Gasteiger partial charge in [-0.1, -0.05) is 59.6 Å². The van der Waals surface area contributed by atoms with Crippen LogP contribution in [0.1, 0.15) is 24.4 Å². The molecule has 1 unspecified atom stereocenters. The van der Waals surface area contributed by atoms with E-state index in [1.54, 1.807) is 18.2 Å². The summed E-state index contributed by atoms with van der Waals surface area (Å²) in [6, 6.07) is 15.4. The molecule has 0 aromatic heterocycles. The van der Waals surface area contributed by atoms with E-state index in [9.17, 15) is 4.79 Å². The highest BCUT2D eigenvalue weighted by atomic mass is 35.5. The Kier molecular flexibility index (Phi) is 8.82. The van der Waals surface area contributed by atoms with Crippen LogP contribution in [0.2, 0.25) is 10.0 Å². The highest BCUT2D eigenvalue weighted by Gasteiger charge is 2.21. The molecule has 1 aliphatic rings. The van der Waals surface area contributed by atoms with E-state index in [1.807, 2.05) is 18.2 Å². The van der Waals surface area contributed by atoms with Gasteiger partial charge in [-0.2, -0.15) is 0 Å². The molecule has 1 heterocycles. The zero-order valence-electron chi connectivity index (χ0n) is 17.3. The first-order chi connectivity index (χ1) is 14.5. The predicted octanol–water partition coefficient (Wildman–Crippen LogP) is 4.26. The van der Waals surface area contributed by atoms with E-state index in [2.05, 4.69) is 34.3 Å². The minimum absolute atomic E-state index is 0.0228. The summed E-state index contributed by atoms with van der Waals surface area (Å²) in [4.78, 5) is 17.4. The molecule has 0 aliphatic carbocycles. The van der Waals surface area contributed by atoms with Crippen LogP contribution in [0.3, 0.4) is 0 Å². The molecule has 2 aromatic carbocycles. The number of nitrogens with zero attached hydrogens (tertiary/aromatic N) is 2. The molecule has 3 rings (SSSR count). The Morgan fingerprint density at radius 3 is 2.53 bits per heavy atom. The monoisotopic (exact) mass is 449 g/mol. The van der Waals surface area contributed by atoms with Crippen molar-refractivity contribution in [2.45, 2.75) is 18.9 Å². The maximum Gasteiger partial charge on any atom is 0.220 e. The maximum atomic E-state index is 12.6. The molecule has 1 N–H and O–H groups in total. The fourth-order valence-corrected chi connectivity index (χ4v) is 3.83. The Bertz CT molecular complexity index is 811. The van der Waals surface area contributed by atoms with Crippen LogP contribution in [0.15, 0.2) is 48.5 Å². The summed E-state index contributed by atoms with van der Waals surface area (Å²) in [6.45, 7) is 5.37. The highest BCUT2D eigenvalue weighted by Crippen LogP contribution is 2.31. The summed E-state index contributed by atoms with van der Waals surface area (Å²) < 4.78 is 5.68. The third-order valence-corrected chi connectivity index (χ3v) is 6.10. The second-order valence-electron chi connectivity index (χ2n) is 7.64. The molecule has 2 aromatic rings. The molecule has 0 saturated carbocycles. The number of carbonyl (C=O) groups excluding carboxylic acids is 1. The highest BCUT2D eigenvalue weighted by molar-refractivity contribution is 6.42. The van der Waals surface area contributed by atoms with Crippen molar-refractivity contribution in [3.05, 3.63) is 64.1 Å². The molecule has 1 saturated heterocycles. The number of halogens is 2. The van der Waals surface area contributed by atoms with Gasteiger partial charge < -0.3 is 15.0 Å². The van der Waals surface area contributed by atoms with Gasteiger partial charge in [0.05, 0.1) is 17.7 Å². The van der Waals surface area contributed by atoms with Crippen molar-refractivity contribution >= 4 is 29.1 Å². The molecular weight excluding hydrogens is 421 g/mol. The number of amides is 1. The van der Waals surface area contributed by atoms with E-state index in [0.717, 1.165) is 38.3 Å². The van der Waals surface area contributed by atoms with Gasteiger partial charge in [0.15, 0.2) is 0 Å². The Hall–Kier alpha value is -1.79. The normalized spacial score (nSPS) is 16.2. The molecule has 0 bridgehead atoms. The quantitative estimate of drug-likeness (QED) is 0.580. The number of hydrogen-bond acceptors (Lipinski definition) is 4. The molecule has 1 amide bonds. The van der Waals surface area contributed by atoms with E-state index in [4.69, 9.17) is 27.9 Å². The molecule has 0 radical (unpaired) electrons. The minimum Gasteiger partial charge on any atom is -0.492 e. The van der Waals surface area contributed by atoms with E-state index >= 15 is 0 Å². The fraction of sp³-hybridized carbons (Fsp3) is 0.435. The Morgan fingerprint density at radius 1 is 1.07 bits per heavy atom. The van der Waals surface area contributed by atoms with Crippen LogP contribution in [0.25, 0.3) is 0 Å². The van der Waals surface area contributed by atoms with Crippen molar-refractivity contribution in [1.82, 2.24) is 15.1 Å². The first-order valence-electron chi connectivity index (χ1n) is 10.3. The van der Waals surface area contributed by atoms with Crippen LogP contribution in [-0.4, -0.2) is 62.1 Å². The van der Waals surface area contributed by atoms with Crippen LogP contribution in [0, 0.1) is 0 Å². The standard InChI is InChI=1S/C23H29Cl2N3O2/c1-27-12-14-28(15-13-27)17-20(18-7-3-2-4-8-18)26-22(29)11-6-16-30-21-10-5-9-19(24)23(21)25/h2-5,7-10,20H,6,11-17H2,1H3,(H,26,29). The van der Waals surface area contributed by atoms with Gasteiger partial charge in [0.1, 0.15) is 10.8 Å². The van der Waals surface area contributed by atoms with Gasteiger partial charge >= 0.3 is 0 Å². The van der Waals surface area contributed by atoms with Crippen molar-refractivity contribution in [2.75, 3.05) is 46.4 Å². The molecule has 1 atom stereocenters. The van der Waals surface area contributed by atoms with E-state index in [-0.39, 0.29) is 11.9 Å². The topological polar surface area (TPSA) is 44.8 Å². The first kappa shape index (κ1) is 22.9. The Morgan fingerprint density at radius 2 is 1.80 bits per heavy atom. The van der Waals surface area contributed by atoms with Crippen molar-refractivity contribution in [3.8, 4) is 5.75 Å². The summed E-state index contributed by atoms with van der Waals surface area (Å²) in [5.41, 5.74) is 1.13. The summed E-state index contributed by atoms with van der Waals surface area (Å²) >= 11 is 12.1. The largest absolute Gasteiger partial charge is 0.492 e. The summed E-state index contributed by atoms with van der Waals surface area (Å²) in [5, 5.41) is 4.08. The number of piperazine rings is 1. The van der Waals surface area contributed by atoms with Gasteiger partial charge in [-0.3, -0.25) is 9.69 Å². The number of nitrogens with one attached hydrogen (secondary N) is 1. The average Bonchev–Trinajstić information content (AvgIpc) is 2.76. The Balaban J connectivity index is 1.49. The van der Waals surface area contributed by atoms with Crippen LogP contribution in [0.4, 0.5) is 0 Å². The van der Waals surface area contributed by atoms with Crippen LogP contribution >= 0.6 is 23.2 Å². The van der Waals surface area contributed by atoms with Crippen molar-refractivity contribution in [2.24, 2.45) is 0 Å². The van der Waals surface area contributed by atoms with Crippen molar-refractivity contribution in [1.29, 1.82) is 0 Å². The summed E-state index contributed by atoms with van der Waals surface area (Å²) in [5.74, 6) is 0.570. The molecular formula is C23H29Cl2N3O2. The summed E-state index contributed by atoms with van der Waals surface area (Å²) in [6.07, 6.45) is 0.995. The minimum atomic E-state index is -0.0228. The van der Waals surface area contributed by atoms with Crippen LogP contribution < -0.4 is 10.1 Å². The number of benzene rings is 2. The molecule has 162 valence electrons. The maximum absolute atomic E-state index is 12.6. The molecule has 1 aliphatic heterocycles. The average molecular weight is 450 g/mol. The molecule has 1 fully saturated rings. The predicted molar refractivity (Wildman–Crippen MR) is 122 cm³/mol. The molecule has 30 heavy (non-hydrogen) atoms. The number of rotatable bonds is 9. The van der Waals surface area contributed by atoms with E-state index in [0.29, 0.717) is 35.2 Å². The van der Waals surface area contributed by atoms with Gasteiger partial charge in [0.2, 0.25) is 5.91 Å². The van der Waals surface area contributed by atoms with Crippen LogP contribution in [0.5, 0.6) is 5.75 Å². The zero-order valence-corrected chi connectivity index (χ0v) is 18.8. The summed E-state index contributed by atoms with van der Waals surface area (Å²) in [7, 11) is 2.15. The van der Waals surface area contributed by atoms with Gasteiger partial charge in [0.25, 0.3) is 0 Å². The zero-order chi connectivity index (χ0) is 21.3. The molecule has 5 nitrogen and oxygen atoms in total. The lowest BCUT2D eigenvalue weighted by molar-refractivity contribution is -0.122. The number of hydrogen-bond donors (Lipinski definition) is 1. The number of likely N-dealkylation sites (N-methyl/N-ethyl adjacent to an activating group) is 1. The smallest absolute Gasteiger partial charge is 0.220 e. The second kappa shape index (κ2) is 11.6. The molecule has 7 heteroatoms. The lowest BCUT2D eigenvalue weighted by Crippen LogP contribution is -2.47. The van der Waals surface area contributed by atoms with Crippen molar-refractivity contribution < 1.29 is 9.53 Å². The van der Waals surface area contributed by atoms with Crippen molar-refractivity contribution in [3.63, 3.8) is 0 Å². The first-order valence-corrected chi connectivity index (χ1v) is 11.1. The van der Waals surface area contributed by atoms with Gasteiger partial charge in [-0.15, -0.1) is 0 Å². The lowest BCUT2D eigenvalue weighted by atomic mass is 10.1. The number of ether oxygens (including phenoxy) is 1. The fourth-order valence-electron chi connectivity index (χ4n) is 3.49. The number of carbonyl (C=O) groups is 1. The Labute approximate surface area is 188 Å². The van der Waals surface area contributed by atoms with E-state index in [1.165, 1.54) is 0 Å². The lowest BCUT2D eigenvalue weighted by Gasteiger charge is -2.35. The third kappa shape index (κ3) is 6.88. The van der Waals surface area contributed by atoms with Gasteiger partial charge in [0, 0.05) is 39.1 Å². The van der Waals surface area contributed by atoms with Gasteiger partial charge in [-0.25, -0.2) is 0 Å².